The molecule has 1 N–H and O–H groups in total. The minimum absolute atomic E-state index is 0.376. The van der Waals surface area contributed by atoms with Gasteiger partial charge in [0.25, 0.3) is 0 Å². The van der Waals surface area contributed by atoms with Crippen molar-refractivity contribution in [3.63, 3.8) is 0 Å². The molecule has 2 fully saturated rings. The summed E-state index contributed by atoms with van der Waals surface area (Å²) in [4.78, 5) is 14.5. The van der Waals surface area contributed by atoms with E-state index in [1.807, 2.05) is 11.8 Å². The van der Waals surface area contributed by atoms with E-state index in [9.17, 15) is 4.79 Å². The summed E-state index contributed by atoms with van der Waals surface area (Å²) in [6, 6.07) is 0.424. The first-order valence-electron chi connectivity index (χ1n) is 7.26. The van der Waals surface area contributed by atoms with Crippen molar-refractivity contribution in [2.24, 2.45) is 11.8 Å². The Balaban J connectivity index is 1.81. The molecule has 3 nitrogen and oxygen atoms in total. The lowest BCUT2D eigenvalue weighted by Crippen LogP contribution is -2.45. The Bertz CT molecular complexity index is 279. The van der Waals surface area contributed by atoms with Crippen molar-refractivity contribution in [1.82, 2.24) is 10.2 Å². The van der Waals surface area contributed by atoms with E-state index in [4.69, 9.17) is 0 Å². The zero-order valence-corrected chi connectivity index (χ0v) is 12.5. The predicted molar refractivity (Wildman–Crippen MR) is 77.9 cm³/mol. The average Bonchev–Trinajstić information content (AvgIpc) is 2.40. The average molecular weight is 270 g/mol. The van der Waals surface area contributed by atoms with Crippen molar-refractivity contribution in [1.29, 1.82) is 0 Å². The first-order valence-corrected chi connectivity index (χ1v) is 8.42. The second-order valence-electron chi connectivity index (χ2n) is 5.80. The summed E-state index contributed by atoms with van der Waals surface area (Å²) in [6.07, 6.45) is 3.29. The van der Waals surface area contributed by atoms with Gasteiger partial charge in [0.15, 0.2) is 0 Å². The molecule has 3 unspecified atom stereocenters. The Morgan fingerprint density at radius 3 is 3.06 bits per heavy atom. The molecule has 2 aliphatic heterocycles. The Labute approximate surface area is 115 Å². The topological polar surface area (TPSA) is 32.3 Å². The highest BCUT2D eigenvalue weighted by Crippen LogP contribution is 2.25. The number of nitrogens with zero attached hydrogens (tertiary/aromatic N) is 1. The quantitative estimate of drug-likeness (QED) is 0.851. The van der Waals surface area contributed by atoms with Crippen LogP contribution < -0.4 is 5.32 Å². The normalized spacial score (nSPS) is 31.1. The van der Waals surface area contributed by atoms with Crippen molar-refractivity contribution in [3.05, 3.63) is 0 Å². The predicted octanol–water partition coefficient (Wildman–Crippen LogP) is 1.98. The number of carbonyl (C=O) groups is 1. The van der Waals surface area contributed by atoms with Crippen molar-refractivity contribution in [2.75, 3.05) is 31.1 Å². The van der Waals surface area contributed by atoms with Crippen LogP contribution in [0.1, 0.15) is 33.1 Å². The molecular formula is C14H26N2OS. The maximum Gasteiger partial charge on any atom is 0.223 e. The maximum absolute atomic E-state index is 12.4. The van der Waals surface area contributed by atoms with Crippen molar-refractivity contribution in [3.8, 4) is 0 Å². The molecule has 18 heavy (non-hydrogen) atoms. The van der Waals surface area contributed by atoms with Crippen molar-refractivity contribution in [2.45, 2.75) is 39.2 Å². The van der Waals surface area contributed by atoms with Crippen LogP contribution in [0, 0.1) is 11.8 Å². The number of thioether (sulfide) groups is 1. The fourth-order valence-electron chi connectivity index (χ4n) is 3.02. The van der Waals surface area contributed by atoms with Gasteiger partial charge >= 0.3 is 0 Å². The van der Waals surface area contributed by atoms with Gasteiger partial charge in [-0.2, -0.15) is 11.8 Å². The third-order valence-corrected chi connectivity index (χ3v) is 5.51. The maximum atomic E-state index is 12.4. The fraction of sp³-hybridized carbons (Fsp3) is 0.929. The van der Waals surface area contributed by atoms with Gasteiger partial charge in [-0.3, -0.25) is 4.79 Å². The molecule has 2 aliphatic rings. The van der Waals surface area contributed by atoms with E-state index in [0.717, 1.165) is 37.6 Å². The molecule has 0 bridgehead atoms. The van der Waals surface area contributed by atoms with E-state index >= 15 is 0 Å². The first-order chi connectivity index (χ1) is 8.68. The van der Waals surface area contributed by atoms with Crippen LogP contribution in [0.2, 0.25) is 0 Å². The summed E-state index contributed by atoms with van der Waals surface area (Å²) in [5.74, 6) is 3.80. The molecule has 1 amide bonds. The number of piperidine rings is 1. The van der Waals surface area contributed by atoms with E-state index in [0.29, 0.717) is 23.8 Å². The van der Waals surface area contributed by atoms with E-state index in [1.54, 1.807) is 0 Å². The van der Waals surface area contributed by atoms with Gasteiger partial charge in [-0.25, -0.2) is 0 Å². The summed E-state index contributed by atoms with van der Waals surface area (Å²) >= 11 is 1.97. The Hall–Kier alpha value is -0.220. The van der Waals surface area contributed by atoms with Gasteiger partial charge in [-0.15, -0.1) is 0 Å². The lowest BCUT2D eigenvalue weighted by Gasteiger charge is -2.35. The van der Waals surface area contributed by atoms with Gasteiger partial charge < -0.3 is 10.2 Å². The lowest BCUT2D eigenvalue weighted by atomic mass is 9.85. The van der Waals surface area contributed by atoms with Crippen LogP contribution in [-0.2, 0) is 4.79 Å². The third kappa shape index (κ3) is 3.64. The molecule has 2 rings (SSSR count). The van der Waals surface area contributed by atoms with Gasteiger partial charge in [-0.1, -0.05) is 6.92 Å². The van der Waals surface area contributed by atoms with Crippen LogP contribution in [0.3, 0.4) is 0 Å². The van der Waals surface area contributed by atoms with Crippen LogP contribution in [-0.4, -0.2) is 48.0 Å². The first kappa shape index (κ1) is 14.2. The smallest absolute Gasteiger partial charge is 0.223 e. The summed E-state index contributed by atoms with van der Waals surface area (Å²) in [6.45, 7) is 7.62. The summed E-state index contributed by atoms with van der Waals surface area (Å²) in [7, 11) is 0. The van der Waals surface area contributed by atoms with E-state index < -0.39 is 0 Å². The molecule has 0 aliphatic carbocycles. The third-order valence-electron chi connectivity index (χ3n) is 4.32. The molecule has 0 aromatic carbocycles. The van der Waals surface area contributed by atoms with Crippen molar-refractivity contribution >= 4 is 17.7 Å². The van der Waals surface area contributed by atoms with Crippen LogP contribution in [0.25, 0.3) is 0 Å². The Morgan fingerprint density at radius 1 is 1.56 bits per heavy atom. The molecule has 0 radical (unpaired) electrons. The van der Waals surface area contributed by atoms with E-state index in [2.05, 4.69) is 24.1 Å². The molecule has 4 heteroatoms. The summed E-state index contributed by atoms with van der Waals surface area (Å²) in [5.41, 5.74) is 0. The zero-order chi connectivity index (χ0) is 13.0. The number of hydrogen-bond acceptors (Lipinski definition) is 3. The van der Waals surface area contributed by atoms with Crippen LogP contribution >= 0.6 is 11.8 Å². The molecule has 3 atom stereocenters. The Kier molecular flexibility index (Phi) is 5.37. The molecule has 2 heterocycles. The molecule has 2 saturated heterocycles. The second-order valence-corrected chi connectivity index (χ2v) is 6.95. The molecule has 0 aromatic heterocycles. The standard InChI is InChI=1S/C14H26N2OS/c1-11(13-4-3-5-15-9-13)8-14(17)16-6-7-18-10-12(16)2/h11-13,15H,3-10H2,1-2H3. The molecular weight excluding hydrogens is 244 g/mol. The van der Waals surface area contributed by atoms with Gasteiger partial charge in [0.1, 0.15) is 0 Å². The molecule has 0 saturated carbocycles. The van der Waals surface area contributed by atoms with Crippen LogP contribution in [0.15, 0.2) is 0 Å². The Morgan fingerprint density at radius 2 is 2.39 bits per heavy atom. The molecule has 0 aromatic rings. The highest BCUT2D eigenvalue weighted by molar-refractivity contribution is 7.99. The van der Waals surface area contributed by atoms with Crippen molar-refractivity contribution < 1.29 is 4.79 Å². The highest BCUT2D eigenvalue weighted by Gasteiger charge is 2.27. The number of nitrogens with one attached hydrogen (secondary N) is 1. The molecule has 0 spiro atoms. The minimum atomic E-state index is 0.376. The summed E-state index contributed by atoms with van der Waals surface area (Å²) < 4.78 is 0. The largest absolute Gasteiger partial charge is 0.338 e. The monoisotopic (exact) mass is 270 g/mol. The van der Waals surface area contributed by atoms with E-state index in [1.165, 1.54) is 12.8 Å². The van der Waals surface area contributed by atoms with Crippen LogP contribution in [0.5, 0.6) is 0 Å². The number of hydrogen-bond donors (Lipinski definition) is 1. The highest BCUT2D eigenvalue weighted by atomic mass is 32.2. The summed E-state index contributed by atoms with van der Waals surface area (Å²) in [5, 5.41) is 3.45. The molecule has 104 valence electrons. The SMILES string of the molecule is CC(CC(=O)N1CCSCC1C)C1CCCNC1. The fourth-order valence-corrected chi connectivity index (χ4v) is 4.04. The van der Waals surface area contributed by atoms with E-state index in [-0.39, 0.29) is 0 Å². The van der Waals surface area contributed by atoms with Crippen LogP contribution in [0.4, 0.5) is 0 Å². The second kappa shape index (κ2) is 6.80. The van der Waals surface area contributed by atoms with Gasteiger partial charge in [0.05, 0.1) is 0 Å². The minimum Gasteiger partial charge on any atom is -0.338 e. The van der Waals surface area contributed by atoms with Gasteiger partial charge in [0, 0.05) is 30.5 Å². The zero-order valence-electron chi connectivity index (χ0n) is 11.7. The lowest BCUT2D eigenvalue weighted by molar-refractivity contribution is -0.134. The van der Waals surface area contributed by atoms with Gasteiger partial charge in [-0.05, 0) is 44.7 Å². The number of amides is 1. The van der Waals surface area contributed by atoms with Gasteiger partial charge in [0.2, 0.25) is 5.91 Å². The number of carbonyl (C=O) groups excluding carboxylic acids is 1. The number of rotatable bonds is 3.